The van der Waals surface area contributed by atoms with E-state index in [-0.39, 0.29) is 0 Å². The minimum absolute atomic E-state index is 0.609. The third kappa shape index (κ3) is 1.89. The molecule has 0 saturated heterocycles. The predicted octanol–water partition coefficient (Wildman–Crippen LogP) is 2.19. The van der Waals surface area contributed by atoms with Gasteiger partial charge in [-0.05, 0) is 31.4 Å². The first kappa shape index (κ1) is 11.6. The van der Waals surface area contributed by atoms with Gasteiger partial charge in [-0.1, -0.05) is 0 Å². The number of hydrogen-bond acceptors (Lipinski definition) is 5. The molecule has 0 aliphatic heterocycles. The molecule has 0 amide bonds. The van der Waals surface area contributed by atoms with E-state index in [2.05, 4.69) is 21.4 Å². The van der Waals surface area contributed by atoms with Crippen LogP contribution < -0.4 is 11.1 Å². The second-order valence-corrected chi connectivity index (χ2v) is 5.57. The summed E-state index contributed by atoms with van der Waals surface area (Å²) in [6.45, 7) is 3.49. The molecule has 0 radical (unpaired) electrons. The summed E-state index contributed by atoms with van der Waals surface area (Å²) in [5, 5.41) is 3.17. The van der Waals surface area contributed by atoms with Crippen molar-refractivity contribution in [1.82, 2.24) is 9.97 Å². The van der Waals surface area contributed by atoms with E-state index in [0.29, 0.717) is 12.5 Å². The van der Waals surface area contributed by atoms with Gasteiger partial charge in [0.2, 0.25) is 5.95 Å². The molecular formula is C13H16N4S. The normalized spacial score (nSPS) is 13.0. The van der Waals surface area contributed by atoms with E-state index < -0.39 is 0 Å². The largest absolute Gasteiger partial charge is 0.354 e. The Bertz CT molecular complexity index is 576. The monoisotopic (exact) mass is 260 g/mol. The zero-order valence-corrected chi connectivity index (χ0v) is 11.2. The molecule has 2 heterocycles. The van der Waals surface area contributed by atoms with Crippen LogP contribution in [0.2, 0.25) is 0 Å². The fourth-order valence-corrected chi connectivity index (χ4v) is 3.33. The van der Waals surface area contributed by atoms with Crippen molar-refractivity contribution >= 4 is 17.3 Å². The average Bonchev–Trinajstić information content (AvgIpc) is 2.82. The molecule has 4 nitrogen and oxygen atoms in total. The molecule has 0 spiro atoms. The smallest absolute Gasteiger partial charge is 0.223 e. The number of aryl methyl sites for hydroxylation is 2. The molecule has 0 saturated carbocycles. The maximum absolute atomic E-state index is 5.72. The van der Waals surface area contributed by atoms with Crippen LogP contribution in [0.4, 0.5) is 5.95 Å². The zero-order valence-electron chi connectivity index (χ0n) is 10.4. The van der Waals surface area contributed by atoms with E-state index in [1.807, 2.05) is 24.5 Å². The number of fused-ring (bicyclic) bond motifs is 3. The Kier molecular flexibility index (Phi) is 3.01. The Morgan fingerprint density at radius 1 is 1.44 bits per heavy atom. The molecule has 18 heavy (non-hydrogen) atoms. The highest BCUT2D eigenvalue weighted by Crippen LogP contribution is 2.37. The van der Waals surface area contributed by atoms with Gasteiger partial charge in [0, 0.05) is 34.6 Å². The van der Waals surface area contributed by atoms with Gasteiger partial charge in [-0.3, -0.25) is 0 Å². The van der Waals surface area contributed by atoms with Crippen LogP contribution >= 0.6 is 11.3 Å². The predicted molar refractivity (Wildman–Crippen MR) is 74.8 cm³/mol. The molecule has 94 valence electrons. The highest BCUT2D eigenvalue weighted by Gasteiger charge is 2.21. The van der Waals surface area contributed by atoms with Gasteiger partial charge in [-0.25, -0.2) is 9.97 Å². The molecular weight excluding hydrogens is 244 g/mol. The number of nitrogens with two attached hydrogens (primary N) is 1. The summed E-state index contributed by atoms with van der Waals surface area (Å²) in [5.41, 5.74) is 9.30. The minimum Gasteiger partial charge on any atom is -0.354 e. The summed E-state index contributed by atoms with van der Waals surface area (Å²) in [6.07, 6.45) is 4.05. The number of thiophene rings is 1. The van der Waals surface area contributed by atoms with E-state index in [0.717, 1.165) is 25.1 Å². The number of nitrogens with zero attached hydrogens (tertiary/aromatic N) is 2. The van der Waals surface area contributed by atoms with Crippen molar-refractivity contribution in [2.45, 2.75) is 26.3 Å². The lowest BCUT2D eigenvalue weighted by molar-refractivity contribution is 0.926. The topological polar surface area (TPSA) is 63.8 Å². The third-order valence-corrected chi connectivity index (χ3v) is 4.35. The summed E-state index contributed by atoms with van der Waals surface area (Å²) in [5.74, 6) is 0.713. The van der Waals surface area contributed by atoms with Crippen LogP contribution in [0.15, 0.2) is 12.3 Å². The molecule has 0 aromatic carbocycles. The van der Waals surface area contributed by atoms with Crippen molar-refractivity contribution in [3.8, 4) is 11.3 Å². The minimum atomic E-state index is 0.609. The van der Waals surface area contributed by atoms with Crippen LogP contribution in [0, 0.1) is 0 Å². The lowest BCUT2D eigenvalue weighted by Crippen LogP contribution is -2.08. The second-order valence-electron chi connectivity index (χ2n) is 4.35. The fraction of sp³-hybridized carbons (Fsp3) is 0.385. The van der Waals surface area contributed by atoms with Gasteiger partial charge in [0.25, 0.3) is 0 Å². The van der Waals surface area contributed by atoms with Crippen LogP contribution in [0.5, 0.6) is 0 Å². The lowest BCUT2D eigenvalue weighted by Gasteiger charge is -2.15. The van der Waals surface area contributed by atoms with Crippen molar-refractivity contribution in [2.24, 2.45) is 5.73 Å². The van der Waals surface area contributed by atoms with Crippen LogP contribution in [0.1, 0.15) is 22.2 Å². The maximum atomic E-state index is 5.72. The van der Waals surface area contributed by atoms with Gasteiger partial charge in [0.15, 0.2) is 0 Å². The number of hydrogen-bond donors (Lipinski definition) is 2. The molecule has 5 heteroatoms. The van der Waals surface area contributed by atoms with Crippen molar-refractivity contribution in [1.29, 1.82) is 0 Å². The van der Waals surface area contributed by atoms with Crippen LogP contribution in [0.25, 0.3) is 11.3 Å². The molecule has 2 aromatic heterocycles. The number of anilines is 1. The van der Waals surface area contributed by atoms with Crippen molar-refractivity contribution < 1.29 is 0 Å². The second kappa shape index (κ2) is 4.66. The van der Waals surface area contributed by atoms with Crippen molar-refractivity contribution in [3.63, 3.8) is 0 Å². The first-order valence-electron chi connectivity index (χ1n) is 6.23. The van der Waals surface area contributed by atoms with Gasteiger partial charge in [0.1, 0.15) is 0 Å². The zero-order chi connectivity index (χ0) is 12.5. The van der Waals surface area contributed by atoms with Crippen molar-refractivity contribution in [2.75, 3.05) is 11.9 Å². The summed E-state index contributed by atoms with van der Waals surface area (Å²) in [7, 11) is 0. The summed E-state index contributed by atoms with van der Waals surface area (Å²) < 4.78 is 0. The van der Waals surface area contributed by atoms with Crippen molar-refractivity contribution in [3.05, 3.63) is 27.6 Å². The first-order chi connectivity index (χ1) is 8.81. The fourth-order valence-electron chi connectivity index (χ4n) is 2.29. The molecule has 3 rings (SSSR count). The molecule has 1 aliphatic carbocycles. The molecule has 2 aromatic rings. The third-order valence-electron chi connectivity index (χ3n) is 3.14. The van der Waals surface area contributed by atoms with Gasteiger partial charge in [-0.15, -0.1) is 11.3 Å². The number of rotatable bonds is 3. The van der Waals surface area contributed by atoms with Gasteiger partial charge in [-0.2, -0.15) is 0 Å². The summed E-state index contributed by atoms with van der Waals surface area (Å²) in [4.78, 5) is 11.6. The molecule has 0 bridgehead atoms. The molecule has 3 N–H and O–H groups in total. The number of nitrogens with one attached hydrogen (secondary N) is 1. The maximum Gasteiger partial charge on any atom is 0.223 e. The quantitative estimate of drug-likeness (QED) is 0.888. The highest BCUT2D eigenvalue weighted by molar-refractivity contribution is 7.12. The van der Waals surface area contributed by atoms with E-state index in [1.165, 1.54) is 20.9 Å². The Balaban J connectivity index is 2.08. The van der Waals surface area contributed by atoms with E-state index in [9.17, 15) is 0 Å². The van der Waals surface area contributed by atoms with Gasteiger partial charge >= 0.3 is 0 Å². The standard InChI is InChI=1S/C13H16N4S/c1-2-15-13-16-7-8-3-4-11-10(12(8)17-13)5-9(6-14)18-11/h5,7H,2-4,6,14H2,1H3,(H,15,16,17). The SMILES string of the molecule is CCNc1ncc2c(n1)-c1cc(CN)sc1CC2. The lowest BCUT2D eigenvalue weighted by atomic mass is 9.96. The van der Waals surface area contributed by atoms with Gasteiger partial charge < -0.3 is 11.1 Å². The van der Waals surface area contributed by atoms with Crippen LogP contribution in [-0.2, 0) is 19.4 Å². The summed E-state index contributed by atoms with van der Waals surface area (Å²) >= 11 is 1.81. The van der Waals surface area contributed by atoms with Crippen LogP contribution in [-0.4, -0.2) is 16.5 Å². The number of aromatic nitrogens is 2. The average molecular weight is 260 g/mol. The summed E-state index contributed by atoms with van der Waals surface area (Å²) in [6, 6.07) is 2.18. The first-order valence-corrected chi connectivity index (χ1v) is 7.05. The molecule has 1 aliphatic rings. The van der Waals surface area contributed by atoms with E-state index >= 15 is 0 Å². The Hall–Kier alpha value is -1.46. The van der Waals surface area contributed by atoms with E-state index in [4.69, 9.17) is 5.73 Å². The molecule has 0 unspecified atom stereocenters. The molecule has 0 atom stereocenters. The Morgan fingerprint density at radius 3 is 3.11 bits per heavy atom. The Morgan fingerprint density at radius 2 is 2.33 bits per heavy atom. The van der Waals surface area contributed by atoms with Crippen LogP contribution in [0.3, 0.4) is 0 Å². The van der Waals surface area contributed by atoms with E-state index in [1.54, 1.807) is 0 Å². The highest BCUT2D eigenvalue weighted by atomic mass is 32.1. The molecule has 0 fully saturated rings. The Labute approximate surface area is 110 Å². The van der Waals surface area contributed by atoms with Gasteiger partial charge in [0.05, 0.1) is 5.69 Å².